The number of allylic oxidation sites excluding steroid dienone is 6. The van der Waals surface area contributed by atoms with Crippen LogP contribution in [0.1, 0.15) is 5.56 Å². The van der Waals surface area contributed by atoms with Gasteiger partial charge in [-0.25, -0.2) is 0 Å². The Hall–Kier alpha value is -2.24. The van der Waals surface area contributed by atoms with E-state index >= 15 is 0 Å². The molecule has 0 saturated heterocycles. The lowest BCUT2D eigenvalue weighted by molar-refractivity contribution is -0.296. The Kier molecular flexibility index (Phi) is 4.18. The molecule has 0 saturated carbocycles. The van der Waals surface area contributed by atoms with Gasteiger partial charge in [0, 0.05) is 23.3 Å². The molecular formula is C17H10O3S2. The zero-order valence-corrected chi connectivity index (χ0v) is 12.9. The quantitative estimate of drug-likeness (QED) is 0.476. The Morgan fingerprint density at radius 1 is 1.00 bits per heavy atom. The average Bonchev–Trinajstić information content (AvgIpc) is 2.75. The number of thioether (sulfide) groups is 1. The van der Waals surface area contributed by atoms with Crippen LogP contribution < -0.4 is 5.11 Å². The fraction of sp³-hybridized carbons (Fsp3) is 0. The molecule has 3 nitrogen and oxygen atoms in total. The van der Waals surface area contributed by atoms with Gasteiger partial charge in [-0.1, -0.05) is 5.76 Å². The number of hydrogen-bond acceptors (Lipinski definition) is 4. The highest BCUT2D eigenvalue weighted by Crippen LogP contribution is 2.27. The molecule has 0 unspecified atom stereocenters. The molecule has 0 atom stereocenters. The maximum atomic E-state index is 12.4. The van der Waals surface area contributed by atoms with Gasteiger partial charge in [-0.2, -0.15) is 0 Å². The van der Waals surface area contributed by atoms with Gasteiger partial charge in [0.15, 0.2) is 10.8 Å². The third-order valence-electron chi connectivity index (χ3n) is 3.16. The third-order valence-corrected chi connectivity index (χ3v) is 4.34. The van der Waals surface area contributed by atoms with Crippen LogP contribution in [0.25, 0.3) is 6.08 Å². The number of Topliss-reactive ketones (excluding diaryl/α,β-unsaturated/α-hetero) is 2. The summed E-state index contributed by atoms with van der Waals surface area (Å²) in [6.07, 6.45) is 6.54. The molecule has 1 aliphatic carbocycles. The second-order valence-electron chi connectivity index (χ2n) is 4.59. The predicted octanol–water partition coefficient (Wildman–Crippen LogP) is 2.88. The fourth-order valence-electron chi connectivity index (χ4n) is 2.06. The lowest BCUT2D eigenvalue weighted by atomic mass is 10.1. The first-order valence-electron chi connectivity index (χ1n) is 6.45. The van der Waals surface area contributed by atoms with E-state index in [0.717, 1.165) is 11.1 Å². The first-order chi connectivity index (χ1) is 10.7. The summed E-state index contributed by atoms with van der Waals surface area (Å²) in [5.74, 6) is -1.97. The Bertz CT molecular complexity index is 782. The summed E-state index contributed by atoms with van der Waals surface area (Å²) >= 11 is 3.01. The van der Waals surface area contributed by atoms with Crippen LogP contribution >= 0.6 is 23.1 Å². The summed E-state index contributed by atoms with van der Waals surface area (Å²) in [5.41, 5.74) is 1.33. The number of ketones is 2. The van der Waals surface area contributed by atoms with Gasteiger partial charge in [0.1, 0.15) is 0 Å². The van der Waals surface area contributed by atoms with E-state index in [2.05, 4.69) is 0 Å². The maximum Gasteiger partial charge on any atom is 0.232 e. The minimum atomic E-state index is -0.734. The summed E-state index contributed by atoms with van der Waals surface area (Å²) in [6.45, 7) is 0. The lowest BCUT2D eigenvalue weighted by Gasteiger charge is -2.09. The van der Waals surface area contributed by atoms with Gasteiger partial charge in [0.05, 0.1) is 0 Å². The van der Waals surface area contributed by atoms with Crippen LogP contribution in [-0.4, -0.2) is 11.6 Å². The Morgan fingerprint density at radius 2 is 1.68 bits per heavy atom. The van der Waals surface area contributed by atoms with Crippen molar-refractivity contribution in [3.8, 4) is 0 Å². The van der Waals surface area contributed by atoms with E-state index in [-0.39, 0.29) is 11.1 Å². The Morgan fingerprint density at radius 3 is 2.36 bits per heavy atom. The average molecular weight is 326 g/mol. The van der Waals surface area contributed by atoms with Crippen molar-refractivity contribution in [2.24, 2.45) is 0 Å². The fourth-order valence-corrected chi connectivity index (χ4v) is 3.18. The Labute approximate surface area is 135 Å². The van der Waals surface area contributed by atoms with Gasteiger partial charge in [-0.3, -0.25) is 9.59 Å². The lowest BCUT2D eigenvalue weighted by Crippen LogP contribution is -2.10. The zero-order valence-electron chi connectivity index (χ0n) is 11.3. The number of carbonyl (C=O) groups excluding carboxylic acids is 2. The van der Waals surface area contributed by atoms with Gasteiger partial charge in [0.2, 0.25) is 22.9 Å². The van der Waals surface area contributed by atoms with Crippen molar-refractivity contribution in [1.29, 1.82) is 0 Å². The number of hydrogen-bond donors (Lipinski definition) is 0. The minimum absolute atomic E-state index is 0.0637. The highest BCUT2D eigenvalue weighted by Gasteiger charge is 2.30. The molecule has 2 aliphatic rings. The molecule has 0 spiro atoms. The van der Waals surface area contributed by atoms with E-state index in [4.69, 9.17) is 0 Å². The van der Waals surface area contributed by atoms with Crippen molar-refractivity contribution in [3.05, 3.63) is 80.0 Å². The molecule has 2 heterocycles. The van der Waals surface area contributed by atoms with Crippen LogP contribution in [0.2, 0.25) is 0 Å². The molecule has 0 fully saturated rings. The van der Waals surface area contributed by atoms with Crippen LogP contribution in [0.15, 0.2) is 74.4 Å². The molecule has 1 aliphatic heterocycles. The normalized spacial score (nSPS) is 19.5. The number of carbonyl (C=O) groups is 2. The molecule has 0 N–H and O–H groups in total. The molecule has 3 rings (SSSR count). The minimum Gasteiger partial charge on any atom is -0.871 e. The predicted molar refractivity (Wildman–Crippen MR) is 87.7 cm³/mol. The summed E-state index contributed by atoms with van der Waals surface area (Å²) in [5, 5.41) is 19.8. The van der Waals surface area contributed by atoms with Gasteiger partial charge in [-0.15, -0.1) is 11.8 Å². The molecule has 0 amide bonds. The van der Waals surface area contributed by atoms with Crippen LogP contribution in [0.3, 0.4) is 0 Å². The molecule has 108 valence electrons. The van der Waals surface area contributed by atoms with Crippen molar-refractivity contribution in [3.63, 3.8) is 0 Å². The molecule has 22 heavy (non-hydrogen) atoms. The monoisotopic (exact) mass is 326 g/mol. The van der Waals surface area contributed by atoms with Gasteiger partial charge >= 0.3 is 0 Å². The molecule has 0 aromatic carbocycles. The van der Waals surface area contributed by atoms with E-state index in [9.17, 15) is 14.7 Å². The maximum absolute atomic E-state index is 12.4. The van der Waals surface area contributed by atoms with Crippen molar-refractivity contribution < 1.29 is 14.7 Å². The van der Waals surface area contributed by atoms with Crippen molar-refractivity contribution in [1.82, 2.24) is 0 Å². The SMILES string of the molecule is O=C1C(=O)/C(=C/c2cc[s+]cc2)C([O-])=C1C=C1C=CSC=C1. The Balaban J connectivity index is 2.03. The van der Waals surface area contributed by atoms with Crippen LogP contribution in [0.5, 0.6) is 0 Å². The van der Waals surface area contributed by atoms with Crippen LogP contribution in [0.4, 0.5) is 0 Å². The molecular weight excluding hydrogens is 316 g/mol. The summed E-state index contributed by atoms with van der Waals surface area (Å²) < 4.78 is 0. The van der Waals surface area contributed by atoms with E-state index < -0.39 is 17.3 Å². The summed E-state index contributed by atoms with van der Waals surface area (Å²) in [4.78, 5) is 24.1. The topological polar surface area (TPSA) is 57.2 Å². The van der Waals surface area contributed by atoms with E-state index in [1.807, 2.05) is 21.6 Å². The summed E-state index contributed by atoms with van der Waals surface area (Å²) in [6, 6.07) is 3.59. The standard InChI is InChI=1S/C17H10O3S2/c18-15-13(9-11-1-5-21-6-2-11)16(19)17(20)14(15)10-12-3-7-22-8-4-12/h1-10H. The molecule has 1 aromatic rings. The van der Waals surface area contributed by atoms with Gasteiger partial charge < -0.3 is 5.11 Å². The zero-order chi connectivity index (χ0) is 15.5. The molecule has 0 bridgehead atoms. The molecule has 0 radical (unpaired) electrons. The van der Waals surface area contributed by atoms with Gasteiger partial charge in [0.25, 0.3) is 0 Å². The molecule has 1 aromatic heterocycles. The smallest absolute Gasteiger partial charge is 0.232 e. The largest absolute Gasteiger partial charge is 0.871 e. The second-order valence-corrected chi connectivity index (χ2v) is 6.22. The molecule has 5 heteroatoms. The van der Waals surface area contributed by atoms with Crippen LogP contribution in [0, 0.1) is 0 Å². The highest BCUT2D eigenvalue weighted by atomic mass is 32.2. The first kappa shape index (κ1) is 14.7. The van der Waals surface area contributed by atoms with Crippen molar-refractivity contribution in [2.45, 2.75) is 0 Å². The third kappa shape index (κ3) is 2.86. The van der Waals surface area contributed by atoms with E-state index in [1.54, 1.807) is 24.3 Å². The highest BCUT2D eigenvalue weighted by molar-refractivity contribution is 8.04. The van der Waals surface area contributed by atoms with E-state index in [0.29, 0.717) is 0 Å². The first-order valence-corrected chi connectivity index (χ1v) is 8.33. The van der Waals surface area contributed by atoms with E-state index in [1.165, 1.54) is 35.3 Å². The van der Waals surface area contributed by atoms with Crippen molar-refractivity contribution in [2.75, 3.05) is 0 Å². The van der Waals surface area contributed by atoms with Gasteiger partial charge in [-0.05, 0) is 46.3 Å². The number of rotatable bonds is 2. The van der Waals surface area contributed by atoms with Crippen molar-refractivity contribution >= 4 is 40.7 Å². The second kappa shape index (κ2) is 6.25. The van der Waals surface area contributed by atoms with Crippen LogP contribution in [-0.2, 0) is 9.59 Å². The summed E-state index contributed by atoms with van der Waals surface area (Å²) in [7, 11) is 0.